The van der Waals surface area contributed by atoms with Gasteiger partial charge in [0, 0.05) is 93.6 Å². The van der Waals surface area contributed by atoms with Crippen molar-refractivity contribution in [1.29, 1.82) is 0 Å². The first-order chi connectivity index (χ1) is 21.5. The molecule has 0 unspecified atom stereocenters. The van der Waals surface area contributed by atoms with Crippen molar-refractivity contribution in [3.63, 3.8) is 0 Å². The molecule has 0 aliphatic carbocycles. The highest BCUT2D eigenvalue weighted by molar-refractivity contribution is 7.88. The van der Waals surface area contributed by atoms with Crippen molar-refractivity contribution in [2.45, 2.75) is 44.3 Å². The number of carbonyl (C=O) groups is 1. The Bertz CT molecular complexity index is 1870. The molecule has 0 saturated carbocycles. The van der Waals surface area contributed by atoms with Gasteiger partial charge >= 0.3 is 0 Å². The number of carbonyl (C=O) groups excluding carboxylic acids is 1. The van der Waals surface area contributed by atoms with Gasteiger partial charge in [-0.15, -0.1) is 11.3 Å². The fraction of sp³-hybridized carbons (Fsp3) is 0.452. The summed E-state index contributed by atoms with van der Waals surface area (Å²) in [6, 6.07) is 12.6. The van der Waals surface area contributed by atoms with Gasteiger partial charge in [0.05, 0.1) is 16.5 Å². The molecular weight excluding hydrogens is 611 g/mol. The minimum atomic E-state index is -3.12. The van der Waals surface area contributed by atoms with Gasteiger partial charge < -0.3 is 15.1 Å². The molecule has 236 valence electrons. The van der Waals surface area contributed by atoms with Gasteiger partial charge in [0.15, 0.2) is 0 Å². The molecule has 45 heavy (non-hydrogen) atoms. The van der Waals surface area contributed by atoms with Crippen LogP contribution in [0.1, 0.15) is 35.3 Å². The van der Waals surface area contributed by atoms with Crippen LogP contribution in [0.2, 0.25) is 0 Å². The molecule has 2 atom stereocenters. The molecular formula is C31H37N9O3S2. The van der Waals surface area contributed by atoms with Crippen LogP contribution in [-0.4, -0.2) is 113 Å². The second-order valence-electron chi connectivity index (χ2n) is 12.4. The maximum atomic E-state index is 12.5. The van der Waals surface area contributed by atoms with Crippen LogP contribution in [0.5, 0.6) is 0 Å². The number of aryl methyl sites for hydroxylation is 1. The van der Waals surface area contributed by atoms with E-state index in [9.17, 15) is 13.2 Å². The molecule has 6 heterocycles. The van der Waals surface area contributed by atoms with Gasteiger partial charge in [-0.1, -0.05) is 12.1 Å². The van der Waals surface area contributed by atoms with Gasteiger partial charge in [0.1, 0.15) is 16.6 Å². The summed E-state index contributed by atoms with van der Waals surface area (Å²) in [4.78, 5) is 38.1. The number of nitrogens with one attached hydrogen (secondary N) is 1. The van der Waals surface area contributed by atoms with Gasteiger partial charge in [0.2, 0.25) is 16.0 Å². The van der Waals surface area contributed by atoms with E-state index < -0.39 is 10.0 Å². The predicted octanol–water partition coefficient (Wildman–Crippen LogP) is 3.59. The molecule has 0 spiro atoms. The number of piperidine rings is 1. The number of fused-ring (bicyclic) bond motifs is 3. The number of rotatable bonds is 7. The van der Waals surface area contributed by atoms with Crippen LogP contribution >= 0.6 is 11.3 Å². The van der Waals surface area contributed by atoms with E-state index in [0.29, 0.717) is 48.4 Å². The van der Waals surface area contributed by atoms with Gasteiger partial charge in [-0.2, -0.15) is 4.98 Å². The van der Waals surface area contributed by atoms with Crippen LogP contribution in [-0.2, 0) is 10.0 Å². The van der Waals surface area contributed by atoms with Gasteiger partial charge in [-0.3, -0.25) is 9.69 Å². The molecule has 4 aromatic rings. The van der Waals surface area contributed by atoms with E-state index in [2.05, 4.69) is 20.1 Å². The van der Waals surface area contributed by atoms with Crippen LogP contribution in [0.3, 0.4) is 0 Å². The lowest BCUT2D eigenvalue weighted by atomic mass is 10.0. The second-order valence-corrected chi connectivity index (χ2v) is 15.5. The molecule has 3 aromatic heterocycles. The topological polar surface area (TPSA) is 128 Å². The molecule has 1 aromatic carbocycles. The monoisotopic (exact) mass is 647 g/mol. The summed E-state index contributed by atoms with van der Waals surface area (Å²) in [7, 11) is 0.368. The standard InChI is InChI=1S/C31H37N9O3S2/c1-19-12-28(35-27-15-25-26(16-32-27)44-29(34-25)20-6-5-7-21(13-20)30(41)37(2)3)36-31(33-19)40-18-23-14-24(40)17-39(23)22-8-10-38(11-9-22)45(4,42)43/h5-7,12-13,15-16,22-24H,8-11,14,17-18H2,1-4H3,(H,32,33,35,36)/t23-,24-/m0/s1. The van der Waals surface area contributed by atoms with Gasteiger partial charge in [-0.25, -0.2) is 27.7 Å². The Morgan fingerprint density at radius 1 is 1.00 bits per heavy atom. The van der Waals surface area contributed by atoms with E-state index in [-0.39, 0.29) is 5.91 Å². The number of pyridine rings is 1. The summed E-state index contributed by atoms with van der Waals surface area (Å²) in [5.41, 5.74) is 3.22. The summed E-state index contributed by atoms with van der Waals surface area (Å²) in [5, 5.41) is 4.20. The number of amides is 1. The Balaban J connectivity index is 1.04. The minimum absolute atomic E-state index is 0.0445. The van der Waals surface area contributed by atoms with Crippen molar-refractivity contribution in [3.05, 3.63) is 53.9 Å². The maximum Gasteiger partial charge on any atom is 0.253 e. The lowest BCUT2D eigenvalue weighted by Gasteiger charge is -2.42. The molecule has 1 N–H and O–H groups in total. The average Bonchev–Trinajstić information content (AvgIpc) is 3.75. The minimum Gasteiger partial charge on any atom is -0.345 e. The van der Waals surface area contributed by atoms with E-state index in [1.54, 1.807) is 34.6 Å². The van der Waals surface area contributed by atoms with Crippen molar-refractivity contribution in [2.75, 3.05) is 56.7 Å². The zero-order valence-electron chi connectivity index (χ0n) is 25.8. The number of likely N-dealkylation sites (tertiary alicyclic amines) is 1. The highest BCUT2D eigenvalue weighted by Gasteiger charge is 2.47. The third kappa shape index (κ3) is 5.99. The fourth-order valence-electron chi connectivity index (χ4n) is 6.84. The van der Waals surface area contributed by atoms with E-state index in [1.807, 2.05) is 49.5 Å². The summed E-state index contributed by atoms with van der Waals surface area (Å²) in [6.45, 7) is 5.00. The smallest absolute Gasteiger partial charge is 0.253 e. The first kappa shape index (κ1) is 30.0. The Morgan fingerprint density at radius 3 is 2.51 bits per heavy atom. The normalized spacial score (nSPS) is 21.1. The molecule has 3 aliphatic heterocycles. The number of benzene rings is 1. The maximum absolute atomic E-state index is 12.5. The summed E-state index contributed by atoms with van der Waals surface area (Å²) >= 11 is 1.54. The lowest BCUT2D eigenvalue weighted by Crippen LogP contribution is -2.54. The number of nitrogens with zero attached hydrogens (tertiary/aromatic N) is 8. The number of anilines is 3. The molecule has 3 saturated heterocycles. The quantitative estimate of drug-likeness (QED) is 0.318. The van der Waals surface area contributed by atoms with Crippen molar-refractivity contribution in [1.82, 2.24) is 34.0 Å². The second kappa shape index (κ2) is 11.6. The van der Waals surface area contributed by atoms with Crippen molar-refractivity contribution >= 4 is 55.1 Å². The first-order valence-electron chi connectivity index (χ1n) is 15.2. The fourth-order valence-corrected chi connectivity index (χ4v) is 8.63. The molecule has 3 fully saturated rings. The molecule has 1 amide bonds. The molecule has 3 aliphatic rings. The zero-order chi connectivity index (χ0) is 31.5. The number of hydrogen-bond acceptors (Lipinski definition) is 11. The number of hydrogen-bond donors (Lipinski definition) is 1. The Labute approximate surface area is 267 Å². The van der Waals surface area contributed by atoms with Gasteiger partial charge in [-0.05, 0) is 38.3 Å². The van der Waals surface area contributed by atoms with Crippen LogP contribution in [0.25, 0.3) is 20.8 Å². The third-order valence-electron chi connectivity index (χ3n) is 9.04. The zero-order valence-corrected chi connectivity index (χ0v) is 27.5. The summed E-state index contributed by atoms with van der Waals surface area (Å²) < 4.78 is 26.4. The molecule has 12 nitrogen and oxygen atoms in total. The number of sulfonamides is 1. The summed E-state index contributed by atoms with van der Waals surface area (Å²) in [5.74, 6) is 2.01. The van der Waals surface area contributed by atoms with Crippen LogP contribution in [0, 0.1) is 6.92 Å². The Morgan fingerprint density at radius 2 is 1.80 bits per heavy atom. The lowest BCUT2D eigenvalue weighted by molar-refractivity contribution is 0.0827. The number of aromatic nitrogens is 4. The van der Waals surface area contributed by atoms with E-state index in [1.165, 1.54) is 6.26 Å². The Hall–Kier alpha value is -3.72. The number of thiazole rings is 1. The van der Waals surface area contributed by atoms with Gasteiger partial charge in [0.25, 0.3) is 5.91 Å². The van der Waals surface area contributed by atoms with E-state index in [4.69, 9.17) is 15.0 Å². The SMILES string of the molecule is Cc1cc(Nc2cc3nc(-c4cccc(C(=O)N(C)C)c4)sc3cn2)nc(N2C[C@@H]3C[C@H]2CN3C2CCN(S(C)(=O)=O)CC2)n1. The average molecular weight is 648 g/mol. The van der Waals surface area contributed by atoms with Crippen molar-refractivity contribution in [2.24, 2.45) is 0 Å². The summed E-state index contributed by atoms with van der Waals surface area (Å²) in [6.07, 6.45) is 5.95. The highest BCUT2D eigenvalue weighted by atomic mass is 32.2. The van der Waals surface area contributed by atoms with Crippen molar-refractivity contribution < 1.29 is 13.2 Å². The van der Waals surface area contributed by atoms with Crippen LogP contribution in [0.15, 0.2) is 42.6 Å². The third-order valence-corrected chi connectivity index (χ3v) is 11.4. The first-order valence-corrected chi connectivity index (χ1v) is 17.9. The predicted molar refractivity (Wildman–Crippen MR) is 177 cm³/mol. The molecule has 7 rings (SSSR count). The largest absolute Gasteiger partial charge is 0.345 e. The number of piperazine rings is 1. The van der Waals surface area contributed by atoms with E-state index >= 15 is 0 Å². The van der Waals surface area contributed by atoms with Crippen LogP contribution < -0.4 is 10.2 Å². The molecule has 2 bridgehead atoms. The van der Waals surface area contributed by atoms with E-state index in [0.717, 1.165) is 64.8 Å². The Kier molecular flexibility index (Phi) is 7.71. The molecule has 14 heteroatoms. The van der Waals surface area contributed by atoms with Crippen LogP contribution in [0.4, 0.5) is 17.6 Å². The molecule has 0 radical (unpaired) electrons. The highest BCUT2D eigenvalue weighted by Crippen LogP contribution is 2.37. The van der Waals surface area contributed by atoms with Crippen molar-refractivity contribution in [3.8, 4) is 10.6 Å².